The zero-order valence-electron chi connectivity index (χ0n) is 17.0. The summed E-state index contributed by atoms with van der Waals surface area (Å²) < 4.78 is 13.7. The molecule has 0 aliphatic heterocycles. The van der Waals surface area contributed by atoms with Gasteiger partial charge in [0, 0.05) is 11.6 Å². The van der Waals surface area contributed by atoms with Crippen molar-refractivity contribution in [2.24, 2.45) is 17.8 Å². The molecular formula is C21H22FN7O2S. The summed E-state index contributed by atoms with van der Waals surface area (Å²) in [5, 5.41) is 23.9. The van der Waals surface area contributed by atoms with Crippen LogP contribution in [0.5, 0.6) is 0 Å². The lowest BCUT2D eigenvalue weighted by atomic mass is 9.61. The molecule has 2 atom stereocenters. The van der Waals surface area contributed by atoms with Gasteiger partial charge in [-0.3, -0.25) is 15.4 Å². The van der Waals surface area contributed by atoms with Crippen LogP contribution < -0.4 is 16.5 Å². The predicted octanol–water partition coefficient (Wildman–Crippen LogP) is 2.95. The first-order valence-corrected chi connectivity index (χ1v) is 11.3. The van der Waals surface area contributed by atoms with E-state index in [1.54, 1.807) is 0 Å². The van der Waals surface area contributed by atoms with E-state index in [-0.39, 0.29) is 52.6 Å². The molecule has 2 bridgehead atoms. The Bertz CT molecular complexity index is 1210. The maximum Gasteiger partial charge on any atom is 0.248 e. The van der Waals surface area contributed by atoms with E-state index in [2.05, 4.69) is 20.3 Å². The third-order valence-electron chi connectivity index (χ3n) is 6.64. The van der Waals surface area contributed by atoms with Crippen LogP contribution in [0.15, 0.2) is 23.7 Å². The van der Waals surface area contributed by atoms with E-state index in [0.29, 0.717) is 10.6 Å². The van der Waals surface area contributed by atoms with Crippen molar-refractivity contribution in [1.82, 2.24) is 20.4 Å². The molecule has 3 saturated carbocycles. The molecule has 32 heavy (non-hydrogen) atoms. The summed E-state index contributed by atoms with van der Waals surface area (Å²) in [5.41, 5.74) is 7.67. The lowest BCUT2D eigenvalue weighted by molar-refractivity contribution is -0.139. The van der Waals surface area contributed by atoms with Gasteiger partial charge in [-0.1, -0.05) is 0 Å². The fourth-order valence-electron chi connectivity index (χ4n) is 5.11. The van der Waals surface area contributed by atoms with Gasteiger partial charge in [0.25, 0.3) is 0 Å². The number of hydroxylamine groups is 1. The zero-order valence-corrected chi connectivity index (χ0v) is 17.8. The molecule has 6 N–H and O–H groups in total. The second kappa shape index (κ2) is 8.06. The minimum Gasteiger partial charge on any atom is -0.383 e. The lowest BCUT2D eigenvalue weighted by Crippen LogP contribution is -2.54. The van der Waals surface area contributed by atoms with Gasteiger partial charge in [-0.2, -0.15) is 0 Å². The molecule has 11 heteroatoms. The second-order valence-electron chi connectivity index (χ2n) is 8.34. The van der Waals surface area contributed by atoms with Gasteiger partial charge in [0.2, 0.25) is 5.91 Å². The highest BCUT2D eigenvalue weighted by molar-refractivity contribution is 7.16. The van der Waals surface area contributed by atoms with Gasteiger partial charge in [0.1, 0.15) is 28.0 Å². The van der Waals surface area contributed by atoms with Crippen molar-refractivity contribution in [2.75, 3.05) is 11.1 Å². The number of nitrogens with two attached hydrogens (primary N) is 1. The molecule has 0 spiro atoms. The molecule has 3 fully saturated rings. The summed E-state index contributed by atoms with van der Waals surface area (Å²) in [6.07, 6.45) is 4.92. The molecule has 3 aromatic rings. The molecule has 166 valence electrons. The van der Waals surface area contributed by atoms with Crippen molar-refractivity contribution < 1.29 is 14.4 Å². The largest absolute Gasteiger partial charge is 0.383 e. The summed E-state index contributed by atoms with van der Waals surface area (Å²) in [6.45, 7) is 0. The number of nitrogens with one attached hydrogen (secondary N) is 3. The summed E-state index contributed by atoms with van der Waals surface area (Å²) in [7, 11) is 0. The third-order valence-corrected chi connectivity index (χ3v) is 7.45. The fraction of sp³-hybridized carbons (Fsp3) is 0.381. The Balaban J connectivity index is 1.54. The Morgan fingerprint density at radius 1 is 1.25 bits per heavy atom. The Morgan fingerprint density at radius 3 is 2.75 bits per heavy atom. The van der Waals surface area contributed by atoms with Gasteiger partial charge in [-0.05, 0) is 55.0 Å². The normalized spacial score (nSPS) is 24.4. The van der Waals surface area contributed by atoms with E-state index >= 15 is 0 Å². The number of anilines is 2. The summed E-state index contributed by atoms with van der Waals surface area (Å²) in [6, 6.07) is 2.83. The van der Waals surface area contributed by atoms with Crippen molar-refractivity contribution in [1.29, 1.82) is 5.41 Å². The minimum atomic E-state index is -0.606. The molecular weight excluding hydrogens is 433 g/mol. The molecule has 6 rings (SSSR count). The van der Waals surface area contributed by atoms with E-state index in [1.807, 2.05) is 16.9 Å². The first-order chi connectivity index (χ1) is 15.5. The molecule has 1 amide bonds. The molecule has 0 saturated heterocycles. The van der Waals surface area contributed by atoms with Crippen molar-refractivity contribution in [3.63, 3.8) is 0 Å². The number of carbonyl (C=O) groups is 1. The average Bonchev–Trinajstić information content (AvgIpc) is 3.29. The number of amides is 1. The van der Waals surface area contributed by atoms with Gasteiger partial charge in [0.05, 0.1) is 17.5 Å². The van der Waals surface area contributed by atoms with Crippen LogP contribution in [0.3, 0.4) is 0 Å². The Hall–Kier alpha value is -3.18. The van der Waals surface area contributed by atoms with Gasteiger partial charge < -0.3 is 11.1 Å². The number of rotatable bonds is 5. The van der Waals surface area contributed by atoms with Crippen molar-refractivity contribution in [2.45, 2.75) is 31.7 Å². The first kappa shape index (κ1) is 20.7. The number of carbonyl (C=O) groups excluding carboxylic acids is 1. The monoisotopic (exact) mass is 455 g/mol. The van der Waals surface area contributed by atoms with Crippen LogP contribution in [0.2, 0.25) is 0 Å². The first-order valence-electron chi connectivity index (χ1n) is 10.4. The minimum absolute atomic E-state index is 0.0186. The number of aromatic nitrogens is 3. The van der Waals surface area contributed by atoms with Gasteiger partial charge in [-0.25, -0.2) is 24.8 Å². The summed E-state index contributed by atoms with van der Waals surface area (Å²) >= 11 is 1.40. The molecule has 0 aromatic carbocycles. The maximum absolute atomic E-state index is 13.7. The van der Waals surface area contributed by atoms with Crippen LogP contribution in [0.25, 0.3) is 10.2 Å². The van der Waals surface area contributed by atoms with Crippen LogP contribution in [-0.2, 0) is 4.79 Å². The smallest absolute Gasteiger partial charge is 0.248 e. The standard InChI is InChI=1S/C21H22FN7O2S/c22-11-7-13(17(24)25-8-11)15(23)19-27-18(12-5-6-32-21(12)28-19)26-16-10-3-1-9(2-4-10)14(16)20(30)29-31/h5-10,14,16,23,31H,1-4H2,(H2,24,25)(H,29,30)(H,26,27,28). The number of fused-ring (bicyclic) bond motifs is 4. The van der Waals surface area contributed by atoms with E-state index in [9.17, 15) is 14.4 Å². The Labute approximate surface area is 186 Å². The number of hydrogen-bond acceptors (Lipinski definition) is 9. The van der Waals surface area contributed by atoms with Gasteiger partial charge in [-0.15, -0.1) is 11.3 Å². The molecule has 0 radical (unpaired) electrons. The van der Waals surface area contributed by atoms with Crippen LogP contribution in [0, 0.1) is 29.0 Å². The average molecular weight is 456 g/mol. The molecule has 3 aliphatic rings. The summed E-state index contributed by atoms with van der Waals surface area (Å²) in [5.74, 6) is -0.285. The topological polar surface area (TPSA) is 150 Å². The van der Waals surface area contributed by atoms with E-state index in [4.69, 9.17) is 11.1 Å². The highest BCUT2D eigenvalue weighted by atomic mass is 32.1. The fourth-order valence-corrected chi connectivity index (χ4v) is 5.88. The quantitative estimate of drug-likeness (QED) is 0.225. The zero-order chi connectivity index (χ0) is 22.4. The molecule has 3 heterocycles. The van der Waals surface area contributed by atoms with Crippen molar-refractivity contribution in [3.05, 3.63) is 40.9 Å². The van der Waals surface area contributed by atoms with Crippen molar-refractivity contribution >= 4 is 44.8 Å². The molecule has 3 aliphatic carbocycles. The Morgan fingerprint density at radius 2 is 2.00 bits per heavy atom. The predicted molar refractivity (Wildman–Crippen MR) is 118 cm³/mol. The van der Waals surface area contributed by atoms with Gasteiger partial charge >= 0.3 is 0 Å². The highest BCUT2D eigenvalue weighted by Gasteiger charge is 2.47. The van der Waals surface area contributed by atoms with E-state index < -0.39 is 5.82 Å². The van der Waals surface area contributed by atoms with Crippen LogP contribution in [0.1, 0.15) is 37.1 Å². The van der Waals surface area contributed by atoms with E-state index in [0.717, 1.165) is 43.3 Å². The third kappa shape index (κ3) is 3.47. The molecule has 2 unspecified atom stereocenters. The number of halogens is 1. The number of nitrogen functional groups attached to an aromatic ring is 1. The summed E-state index contributed by atoms with van der Waals surface area (Å²) in [4.78, 5) is 26.0. The van der Waals surface area contributed by atoms with Crippen LogP contribution in [0.4, 0.5) is 16.0 Å². The number of nitrogens with zero attached hydrogens (tertiary/aromatic N) is 3. The number of thiophene rings is 1. The highest BCUT2D eigenvalue weighted by Crippen LogP contribution is 2.46. The number of pyridine rings is 1. The second-order valence-corrected chi connectivity index (χ2v) is 9.24. The molecule has 3 aromatic heterocycles. The Kier molecular flexibility index (Phi) is 5.22. The molecule has 9 nitrogen and oxygen atoms in total. The number of hydrogen-bond donors (Lipinski definition) is 5. The van der Waals surface area contributed by atoms with Crippen LogP contribution in [-0.4, -0.2) is 37.8 Å². The lowest BCUT2D eigenvalue weighted by Gasteiger charge is -2.47. The van der Waals surface area contributed by atoms with Crippen molar-refractivity contribution in [3.8, 4) is 0 Å². The SMILES string of the molecule is N=C(c1nc(NC2C3CCC(CC3)C2C(=O)NO)c2ccsc2n1)c1cc(F)cnc1N. The van der Waals surface area contributed by atoms with Crippen LogP contribution >= 0.6 is 11.3 Å². The van der Waals surface area contributed by atoms with E-state index in [1.165, 1.54) is 11.3 Å². The van der Waals surface area contributed by atoms with Gasteiger partial charge in [0.15, 0.2) is 5.82 Å². The maximum atomic E-state index is 13.7.